The molecule has 0 saturated carbocycles. The molecule has 2 aromatic rings. The maximum atomic E-state index is 12.9. The molecular weight excluding hydrogens is 272 g/mol. The van der Waals surface area contributed by atoms with Crippen molar-refractivity contribution in [2.45, 2.75) is 44.7 Å². The average molecular weight is 288 g/mol. The molecule has 1 amide bonds. The molecule has 4 rings (SSSR count). The molecule has 0 saturated heterocycles. The van der Waals surface area contributed by atoms with Gasteiger partial charge in [0.2, 0.25) is 5.91 Å². The van der Waals surface area contributed by atoms with Crippen molar-refractivity contribution in [1.29, 1.82) is 0 Å². The molecule has 0 N–H and O–H groups in total. The van der Waals surface area contributed by atoms with Crippen molar-refractivity contribution in [3.05, 3.63) is 23.3 Å². The molecule has 0 fully saturated rings. The van der Waals surface area contributed by atoms with E-state index in [1.807, 2.05) is 4.90 Å². The monoisotopic (exact) mass is 288 g/mol. The van der Waals surface area contributed by atoms with E-state index in [2.05, 4.69) is 20.7 Å². The second-order valence-corrected chi connectivity index (χ2v) is 5.60. The fourth-order valence-corrected chi connectivity index (χ4v) is 3.14. The molecule has 21 heavy (non-hydrogen) atoms. The first-order valence-electron chi connectivity index (χ1n) is 7.30. The standard InChI is InChI=1S/C13H16N6O2/c20-13(18-6-4-11-9(7-18)8-21-15-11)10-3-1-2-5-19-12(10)14-16-17-19/h8,10H,1-7H2/t10-/m1/s1. The first kappa shape index (κ1) is 12.5. The van der Waals surface area contributed by atoms with E-state index in [1.165, 1.54) is 0 Å². The van der Waals surface area contributed by atoms with Gasteiger partial charge in [0.1, 0.15) is 6.26 Å². The maximum absolute atomic E-state index is 12.9. The van der Waals surface area contributed by atoms with Crippen LogP contribution < -0.4 is 0 Å². The highest BCUT2D eigenvalue weighted by Gasteiger charge is 2.33. The van der Waals surface area contributed by atoms with Gasteiger partial charge in [0.05, 0.1) is 18.2 Å². The van der Waals surface area contributed by atoms with E-state index in [0.29, 0.717) is 18.9 Å². The number of fused-ring (bicyclic) bond motifs is 2. The maximum Gasteiger partial charge on any atom is 0.233 e. The molecule has 2 aliphatic rings. The van der Waals surface area contributed by atoms with Gasteiger partial charge in [0, 0.05) is 25.1 Å². The van der Waals surface area contributed by atoms with Gasteiger partial charge in [0.25, 0.3) is 0 Å². The van der Waals surface area contributed by atoms with Crippen molar-refractivity contribution >= 4 is 5.91 Å². The largest absolute Gasteiger partial charge is 0.364 e. The minimum atomic E-state index is -0.232. The van der Waals surface area contributed by atoms with Gasteiger partial charge < -0.3 is 9.42 Å². The third-order valence-corrected chi connectivity index (χ3v) is 4.30. The fraction of sp³-hybridized carbons (Fsp3) is 0.615. The molecule has 2 aliphatic heterocycles. The van der Waals surface area contributed by atoms with E-state index in [0.717, 1.165) is 43.5 Å². The van der Waals surface area contributed by atoms with E-state index in [4.69, 9.17) is 4.52 Å². The van der Waals surface area contributed by atoms with Gasteiger partial charge in [0.15, 0.2) is 5.82 Å². The Balaban J connectivity index is 1.58. The predicted molar refractivity (Wildman–Crippen MR) is 70.0 cm³/mol. The van der Waals surface area contributed by atoms with Crippen LogP contribution >= 0.6 is 0 Å². The Morgan fingerprint density at radius 3 is 3.24 bits per heavy atom. The summed E-state index contributed by atoms with van der Waals surface area (Å²) in [7, 11) is 0. The first-order valence-corrected chi connectivity index (χ1v) is 7.30. The molecule has 110 valence electrons. The van der Waals surface area contributed by atoms with Crippen molar-refractivity contribution in [2.75, 3.05) is 6.54 Å². The Labute approximate surface area is 121 Å². The summed E-state index contributed by atoms with van der Waals surface area (Å²) < 4.78 is 6.75. The highest BCUT2D eigenvalue weighted by atomic mass is 16.5. The first-order chi connectivity index (χ1) is 10.3. The van der Waals surface area contributed by atoms with Crippen molar-refractivity contribution < 1.29 is 9.32 Å². The van der Waals surface area contributed by atoms with Crippen LogP contribution in [0.25, 0.3) is 0 Å². The zero-order chi connectivity index (χ0) is 14.2. The summed E-state index contributed by atoms with van der Waals surface area (Å²) >= 11 is 0. The number of tetrazole rings is 1. The summed E-state index contributed by atoms with van der Waals surface area (Å²) in [4.78, 5) is 14.7. The third kappa shape index (κ3) is 2.10. The number of nitrogens with zero attached hydrogens (tertiary/aromatic N) is 6. The van der Waals surface area contributed by atoms with Crippen molar-refractivity contribution in [1.82, 2.24) is 30.3 Å². The minimum Gasteiger partial charge on any atom is -0.364 e. The van der Waals surface area contributed by atoms with E-state index in [-0.39, 0.29) is 11.8 Å². The fourth-order valence-electron chi connectivity index (χ4n) is 3.14. The van der Waals surface area contributed by atoms with Crippen molar-refractivity contribution in [2.24, 2.45) is 0 Å². The lowest BCUT2D eigenvalue weighted by molar-refractivity contribution is -0.134. The lowest BCUT2D eigenvalue weighted by Crippen LogP contribution is -2.39. The van der Waals surface area contributed by atoms with E-state index >= 15 is 0 Å². The highest BCUT2D eigenvalue weighted by molar-refractivity contribution is 5.83. The van der Waals surface area contributed by atoms with Gasteiger partial charge in [-0.25, -0.2) is 4.68 Å². The number of rotatable bonds is 1. The van der Waals surface area contributed by atoms with E-state index in [9.17, 15) is 4.79 Å². The van der Waals surface area contributed by atoms with Gasteiger partial charge in [-0.05, 0) is 23.3 Å². The van der Waals surface area contributed by atoms with Gasteiger partial charge >= 0.3 is 0 Å². The normalized spacial score (nSPS) is 21.5. The quantitative estimate of drug-likeness (QED) is 0.759. The lowest BCUT2D eigenvalue weighted by Gasteiger charge is -2.28. The number of hydrogen-bond acceptors (Lipinski definition) is 6. The second kappa shape index (κ2) is 4.94. The smallest absolute Gasteiger partial charge is 0.233 e. The topological polar surface area (TPSA) is 89.9 Å². The number of carbonyl (C=O) groups is 1. The number of aryl methyl sites for hydroxylation is 1. The molecule has 0 bridgehead atoms. The summed E-state index contributed by atoms with van der Waals surface area (Å²) in [6.45, 7) is 2.04. The Morgan fingerprint density at radius 1 is 1.33 bits per heavy atom. The zero-order valence-corrected chi connectivity index (χ0v) is 11.6. The Hall–Kier alpha value is -2.25. The summed E-state index contributed by atoms with van der Waals surface area (Å²) in [5.74, 6) is 0.581. The van der Waals surface area contributed by atoms with Crippen LogP contribution in [0.2, 0.25) is 0 Å². The zero-order valence-electron chi connectivity index (χ0n) is 11.6. The molecule has 1 atom stereocenters. The van der Waals surface area contributed by atoms with Gasteiger partial charge in [-0.15, -0.1) is 5.10 Å². The highest BCUT2D eigenvalue weighted by Crippen LogP contribution is 2.28. The minimum absolute atomic E-state index is 0.111. The molecule has 2 aromatic heterocycles. The van der Waals surface area contributed by atoms with Crippen LogP contribution in [-0.2, 0) is 24.3 Å². The predicted octanol–water partition coefficient (Wildman–Crippen LogP) is 0.513. The van der Waals surface area contributed by atoms with Crippen LogP contribution in [0.4, 0.5) is 0 Å². The Kier molecular flexibility index (Phi) is 2.94. The average Bonchev–Trinajstić information content (AvgIpc) is 3.11. The van der Waals surface area contributed by atoms with Gasteiger partial charge in [-0.3, -0.25) is 4.79 Å². The summed E-state index contributed by atoms with van der Waals surface area (Å²) in [5.41, 5.74) is 1.97. The molecule has 0 spiro atoms. The van der Waals surface area contributed by atoms with Crippen LogP contribution in [-0.4, -0.2) is 42.7 Å². The van der Waals surface area contributed by atoms with Gasteiger partial charge in [-0.2, -0.15) is 0 Å². The van der Waals surface area contributed by atoms with Crippen LogP contribution in [0.3, 0.4) is 0 Å². The Morgan fingerprint density at radius 2 is 2.29 bits per heavy atom. The van der Waals surface area contributed by atoms with Crippen molar-refractivity contribution in [3.8, 4) is 0 Å². The van der Waals surface area contributed by atoms with E-state index in [1.54, 1.807) is 10.9 Å². The van der Waals surface area contributed by atoms with Crippen LogP contribution in [0, 0.1) is 0 Å². The number of hydrogen-bond donors (Lipinski definition) is 0. The van der Waals surface area contributed by atoms with Crippen molar-refractivity contribution in [3.63, 3.8) is 0 Å². The number of aromatic nitrogens is 5. The molecule has 8 nitrogen and oxygen atoms in total. The lowest BCUT2D eigenvalue weighted by atomic mass is 9.99. The third-order valence-electron chi connectivity index (χ3n) is 4.30. The molecular formula is C13H16N6O2. The molecule has 0 unspecified atom stereocenters. The van der Waals surface area contributed by atoms with Crippen LogP contribution in [0.1, 0.15) is 42.3 Å². The molecule has 0 aliphatic carbocycles. The van der Waals surface area contributed by atoms with Crippen LogP contribution in [0.15, 0.2) is 10.8 Å². The summed E-state index contributed by atoms with van der Waals surface area (Å²) in [5, 5.41) is 15.7. The molecule has 8 heteroatoms. The summed E-state index contributed by atoms with van der Waals surface area (Å²) in [6, 6.07) is 0. The molecule has 0 aromatic carbocycles. The van der Waals surface area contributed by atoms with Gasteiger partial charge in [-0.1, -0.05) is 11.6 Å². The summed E-state index contributed by atoms with van der Waals surface area (Å²) in [6.07, 6.45) is 5.21. The van der Waals surface area contributed by atoms with E-state index < -0.39 is 0 Å². The second-order valence-electron chi connectivity index (χ2n) is 5.60. The number of amides is 1. The molecule has 0 radical (unpaired) electrons. The number of carbonyl (C=O) groups excluding carboxylic acids is 1. The van der Waals surface area contributed by atoms with Crippen LogP contribution in [0.5, 0.6) is 0 Å². The SMILES string of the molecule is O=C([C@@H]1CCCCn2nnnc21)N1CCc2nocc2C1. The molecule has 4 heterocycles. The Bertz CT molecular complexity index is 663.